The predicted octanol–water partition coefficient (Wildman–Crippen LogP) is 4.08. The van der Waals surface area contributed by atoms with Crippen LogP contribution >= 0.6 is 24.0 Å². The van der Waals surface area contributed by atoms with Gasteiger partial charge in [-0.05, 0) is 39.7 Å². The zero-order valence-corrected chi connectivity index (χ0v) is 18.5. The highest BCUT2D eigenvalue weighted by Gasteiger charge is 2.15. The summed E-state index contributed by atoms with van der Waals surface area (Å²) in [5, 5.41) is 3.10. The average Bonchev–Trinajstić information content (AvgIpc) is 2.51. The standard InChI is InChI=1S/C19H31N3O3.HI/c1-19(2,3)25-17(23)12-6-5-9-13-21-18(20)22-16-11-8-7-10-15(16)14-24-4;/h7-8,10-11H,5-6,9,12-14H2,1-4H3,(H3,20,21,22);1H. The van der Waals surface area contributed by atoms with Gasteiger partial charge >= 0.3 is 5.97 Å². The van der Waals surface area contributed by atoms with E-state index < -0.39 is 5.60 Å². The molecule has 1 aromatic carbocycles. The summed E-state index contributed by atoms with van der Waals surface area (Å²) in [4.78, 5) is 15.9. The molecule has 148 valence electrons. The zero-order valence-electron chi connectivity index (χ0n) is 16.2. The highest BCUT2D eigenvalue weighted by atomic mass is 127. The van der Waals surface area contributed by atoms with E-state index in [-0.39, 0.29) is 29.9 Å². The number of nitrogens with two attached hydrogens (primary N) is 1. The maximum atomic E-state index is 11.6. The predicted molar refractivity (Wildman–Crippen MR) is 117 cm³/mol. The molecular weight excluding hydrogens is 445 g/mol. The molecule has 0 atom stereocenters. The molecule has 0 aromatic heterocycles. The molecule has 0 spiro atoms. The van der Waals surface area contributed by atoms with Crippen molar-refractivity contribution in [3.8, 4) is 0 Å². The normalized spacial score (nSPS) is 11.6. The summed E-state index contributed by atoms with van der Waals surface area (Å²) in [5.74, 6) is 0.239. The lowest BCUT2D eigenvalue weighted by atomic mass is 10.1. The van der Waals surface area contributed by atoms with Gasteiger partial charge in [-0.1, -0.05) is 24.6 Å². The molecule has 0 aliphatic rings. The van der Waals surface area contributed by atoms with Crippen molar-refractivity contribution in [3.05, 3.63) is 29.8 Å². The molecule has 0 amide bonds. The van der Waals surface area contributed by atoms with Gasteiger partial charge in [-0.15, -0.1) is 24.0 Å². The molecule has 0 aliphatic carbocycles. The zero-order chi connectivity index (χ0) is 18.7. The minimum atomic E-state index is -0.416. The van der Waals surface area contributed by atoms with Gasteiger partial charge in [-0.2, -0.15) is 0 Å². The van der Waals surface area contributed by atoms with Gasteiger partial charge in [0.1, 0.15) is 5.60 Å². The summed E-state index contributed by atoms with van der Waals surface area (Å²) >= 11 is 0. The number of halogens is 1. The van der Waals surface area contributed by atoms with Gasteiger partial charge in [0.2, 0.25) is 0 Å². The van der Waals surface area contributed by atoms with Crippen LogP contribution in [-0.4, -0.2) is 31.2 Å². The molecule has 0 fully saturated rings. The third-order valence-electron chi connectivity index (χ3n) is 3.32. The molecule has 1 aromatic rings. The summed E-state index contributed by atoms with van der Waals surface area (Å²) in [7, 11) is 1.66. The summed E-state index contributed by atoms with van der Waals surface area (Å²) < 4.78 is 10.4. The Hall–Kier alpha value is -1.35. The number of unbranched alkanes of at least 4 members (excludes halogenated alkanes) is 2. The molecule has 0 heterocycles. The van der Waals surface area contributed by atoms with Crippen molar-refractivity contribution in [2.45, 2.75) is 58.7 Å². The first-order valence-corrected chi connectivity index (χ1v) is 8.67. The van der Waals surface area contributed by atoms with Gasteiger partial charge in [0, 0.05) is 31.3 Å². The Morgan fingerprint density at radius 3 is 2.54 bits per heavy atom. The summed E-state index contributed by atoms with van der Waals surface area (Å²) in [6.07, 6.45) is 3.04. The summed E-state index contributed by atoms with van der Waals surface area (Å²) in [5.41, 5.74) is 7.44. The van der Waals surface area contributed by atoms with Crippen LogP contribution < -0.4 is 11.1 Å². The Labute approximate surface area is 173 Å². The molecule has 1 rings (SSSR count). The molecule has 0 radical (unpaired) electrons. The Bertz CT molecular complexity index is 571. The van der Waals surface area contributed by atoms with E-state index in [0.717, 1.165) is 30.5 Å². The minimum absolute atomic E-state index is 0. The van der Waals surface area contributed by atoms with Crippen LogP contribution in [0.4, 0.5) is 5.69 Å². The SMILES string of the molecule is COCc1ccccc1NC(N)=NCCCCCC(=O)OC(C)(C)C.I. The second kappa shape index (κ2) is 12.9. The number of carbonyl (C=O) groups excluding carboxylic acids is 1. The molecule has 6 nitrogen and oxygen atoms in total. The fraction of sp³-hybridized carbons (Fsp3) is 0.579. The lowest BCUT2D eigenvalue weighted by Crippen LogP contribution is -2.24. The molecule has 0 unspecified atom stereocenters. The number of hydrogen-bond acceptors (Lipinski definition) is 4. The van der Waals surface area contributed by atoms with Crippen LogP contribution in [0.15, 0.2) is 29.3 Å². The maximum Gasteiger partial charge on any atom is 0.306 e. The van der Waals surface area contributed by atoms with Gasteiger partial charge in [-0.3, -0.25) is 9.79 Å². The van der Waals surface area contributed by atoms with Crippen molar-refractivity contribution in [2.24, 2.45) is 10.7 Å². The fourth-order valence-corrected chi connectivity index (χ4v) is 2.25. The molecule has 0 saturated heterocycles. The topological polar surface area (TPSA) is 85.9 Å². The molecule has 0 bridgehead atoms. The maximum absolute atomic E-state index is 11.6. The van der Waals surface area contributed by atoms with Gasteiger partial charge in [-0.25, -0.2) is 0 Å². The molecule has 0 saturated carbocycles. The van der Waals surface area contributed by atoms with Crippen molar-refractivity contribution in [3.63, 3.8) is 0 Å². The Kier molecular flexibility index (Phi) is 12.2. The van der Waals surface area contributed by atoms with Crippen LogP contribution in [-0.2, 0) is 20.9 Å². The van der Waals surface area contributed by atoms with Crippen LogP contribution in [0.3, 0.4) is 0 Å². The largest absolute Gasteiger partial charge is 0.460 e. The van der Waals surface area contributed by atoms with Gasteiger partial charge in [0.05, 0.1) is 6.61 Å². The van der Waals surface area contributed by atoms with Gasteiger partial charge < -0.3 is 20.5 Å². The van der Waals surface area contributed by atoms with E-state index in [0.29, 0.717) is 25.5 Å². The van der Waals surface area contributed by atoms with Gasteiger partial charge in [0.25, 0.3) is 0 Å². The number of esters is 1. The van der Waals surface area contributed by atoms with Crippen molar-refractivity contribution >= 4 is 41.6 Å². The lowest BCUT2D eigenvalue weighted by Gasteiger charge is -2.19. The number of benzene rings is 1. The van der Waals surface area contributed by atoms with Crippen LogP contribution in [0.1, 0.15) is 52.0 Å². The van der Waals surface area contributed by atoms with E-state index in [1.54, 1.807) is 7.11 Å². The number of nitrogens with one attached hydrogen (secondary N) is 1. The number of hydrogen-bond donors (Lipinski definition) is 2. The molecular formula is C19H32IN3O3. The van der Waals surface area contributed by atoms with E-state index in [4.69, 9.17) is 15.2 Å². The second-order valence-electron chi connectivity index (χ2n) is 6.88. The Morgan fingerprint density at radius 2 is 1.88 bits per heavy atom. The number of aliphatic imine (C=N–C) groups is 1. The number of anilines is 1. The first-order chi connectivity index (χ1) is 11.8. The van der Waals surface area contributed by atoms with Gasteiger partial charge in [0.15, 0.2) is 5.96 Å². The van der Waals surface area contributed by atoms with Crippen LogP contribution in [0, 0.1) is 0 Å². The Balaban J connectivity index is 0.00000625. The molecule has 3 N–H and O–H groups in total. The van der Waals surface area contributed by atoms with E-state index in [9.17, 15) is 4.79 Å². The molecule has 0 aliphatic heterocycles. The van der Waals surface area contributed by atoms with E-state index in [1.165, 1.54) is 0 Å². The monoisotopic (exact) mass is 477 g/mol. The number of rotatable bonds is 9. The first kappa shape index (κ1) is 24.7. The van der Waals surface area contributed by atoms with E-state index >= 15 is 0 Å². The third kappa shape index (κ3) is 11.3. The fourth-order valence-electron chi connectivity index (χ4n) is 2.25. The highest BCUT2D eigenvalue weighted by molar-refractivity contribution is 14.0. The highest BCUT2D eigenvalue weighted by Crippen LogP contribution is 2.15. The summed E-state index contributed by atoms with van der Waals surface area (Å²) in [6.45, 7) is 6.77. The summed E-state index contributed by atoms with van der Waals surface area (Å²) in [6, 6.07) is 7.82. The van der Waals surface area contributed by atoms with E-state index in [1.807, 2.05) is 45.0 Å². The number of para-hydroxylation sites is 1. The number of ether oxygens (including phenoxy) is 2. The van der Waals surface area contributed by atoms with E-state index in [2.05, 4.69) is 10.3 Å². The van der Waals surface area contributed by atoms with Crippen molar-refractivity contribution in [1.29, 1.82) is 0 Å². The van der Waals surface area contributed by atoms with Crippen molar-refractivity contribution in [1.82, 2.24) is 0 Å². The second-order valence-corrected chi connectivity index (χ2v) is 6.88. The Morgan fingerprint density at radius 1 is 1.19 bits per heavy atom. The van der Waals surface area contributed by atoms with Crippen molar-refractivity contribution in [2.75, 3.05) is 19.0 Å². The molecule has 7 heteroatoms. The minimum Gasteiger partial charge on any atom is -0.460 e. The third-order valence-corrected chi connectivity index (χ3v) is 3.32. The number of nitrogens with zero attached hydrogens (tertiary/aromatic N) is 1. The van der Waals surface area contributed by atoms with Crippen LogP contribution in [0.5, 0.6) is 0 Å². The first-order valence-electron chi connectivity index (χ1n) is 8.67. The van der Waals surface area contributed by atoms with Crippen LogP contribution in [0.25, 0.3) is 0 Å². The smallest absolute Gasteiger partial charge is 0.306 e. The number of methoxy groups -OCH3 is 1. The van der Waals surface area contributed by atoms with Crippen molar-refractivity contribution < 1.29 is 14.3 Å². The lowest BCUT2D eigenvalue weighted by molar-refractivity contribution is -0.154. The number of guanidine groups is 1. The van der Waals surface area contributed by atoms with Crippen LogP contribution in [0.2, 0.25) is 0 Å². The average molecular weight is 477 g/mol. The quantitative estimate of drug-likeness (QED) is 0.184. The number of carbonyl (C=O) groups is 1. The molecule has 26 heavy (non-hydrogen) atoms.